The van der Waals surface area contributed by atoms with Crippen LogP contribution in [0.25, 0.3) is 44.2 Å². The maximum absolute atomic E-state index is 14.0. The zero-order valence-corrected chi connectivity index (χ0v) is 35.7. The van der Waals surface area contributed by atoms with Crippen LogP contribution in [0.15, 0.2) is 79.0 Å². The molecule has 0 fully saturated rings. The van der Waals surface area contributed by atoms with Gasteiger partial charge in [0.15, 0.2) is 0 Å². The van der Waals surface area contributed by atoms with Crippen LogP contribution in [0.2, 0.25) is 0 Å². The highest BCUT2D eigenvalue weighted by molar-refractivity contribution is 6.07. The zero-order chi connectivity index (χ0) is 43.9. The summed E-state index contributed by atoms with van der Waals surface area (Å²) in [7, 11) is 1.28. The van der Waals surface area contributed by atoms with E-state index in [1.54, 1.807) is 22.9 Å². The second-order valence-electron chi connectivity index (χ2n) is 15.7. The average molecular weight is 837 g/mol. The maximum atomic E-state index is 14.0. The molecule has 6 aromatic rings. The number of benzene rings is 4. The fraction of sp³-hybridized carbons (Fsp3) is 0.333. The molecule has 4 aromatic carbocycles. The number of ether oxygens (including phenoxy) is 2. The van der Waals surface area contributed by atoms with Crippen LogP contribution < -0.4 is 15.4 Å². The molecule has 0 saturated heterocycles. The molecule has 4 N–H and O–H groups in total. The first-order valence-corrected chi connectivity index (χ1v) is 21.0. The Balaban J connectivity index is 1.11. The van der Waals surface area contributed by atoms with Gasteiger partial charge < -0.3 is 39.9 Å². The van der Waals surface area contributed by atoms with Crippen molar-refractivity contribution in [2.75, 3.05) is 20.2 Å². The van der Waals surface area contributed by atoms with Crippen LogP contribution in [-0.4, -0.2) is 79.8 Å². The predicted molar refractivity (Wildman–Crippen MR) is 237 cm³/mol. The van der Waals surface area contributed by atoms with Gasteiger partial charge in [-0.15, -0.1) is 12.3 Å². The quantitative estimate of drug-likeness (QED) is 0.0730. The fourth-order valence-electron chi connectivity index (χ4n) is 7.81. The molecule has 0 spiro atoms. The molecule has 2 atom stereocenters. The average Bonchev–Trinajstić information content (AvgIpc) is 3.94. The molecule has 14 heteroatoms. The largest absolute Gasteiger partial charge is 0.488 e. The second-order valence-corrected chi connectivity index (χ2v) is 15.7. The molecule has 0 unspecified atom stereocenters. The van der Waals surface area contributed by atoms with Crippen LogP contribution >= 0.6 is 0 Å². The zero-order valence-electron chi connectivity index (χ0n) is 35.7. The Morgan fingerprint density at radius 1 is 0.903 bits per heavy atom. The number of rotatable bonds is 16. The van der Waals surface area contributed by atoms with Crippen molar-refractivity contribution < 1.29 is 28.7 Å². The molecule has 0 radical (unpaired) electrons. The minimum absolute atomic E-state index is 0.145. The normalized spacial score (nSPS) is 12.7. The topological polar surface area (TPSA) is 175 Å². The van der Waals surface area contributed by atoms with E-state index in [1.165, 1.54) is 7.11 Å². The van der Waals surface area contributed by atoms with Gasteiger partial charge in [0.05, 0.1) is 43.1 Å². The molecule has 0 bridgehead atoms. The molecule has 14 nitrogen and oxygen atoms in total. The first kappa shape index (κ1) is 43.0. The van der Waals surface area contributed by atoms with E-state index in [9.17, 15) is 19.2 Å². The minimum atomic E-state index is -0.861. The number of methoxy groups -OCH3 is 1. The van der Waals surface area contributed by atoms with Crippen LogP contribution in [0.1, 0.15) is 75.8 Å². The Kier molecular flexibility index (Phi) is 13.2. The number of amides is 4. The molecular weight excluding hydrogens is 785 g/mol. The van der Waals surface area contributed by atoms with Gasteiger partial charge >= 0.3 is 6.09 Å². The number of nitrogens with one attached hydrogen (secondary N) is 4. The SMILES string of the molecule is C#CCCN(Cc1ncc(-c2ccc3c(c2)COc2cc4c(ccc5[nH]c(CN(CCC)C(=O)[C@@H](NC(=O)OC)C(C)C)nc54)cc2-3)[nH]1)C(=O)[C@H](NC(=O)CC)c1ccccc1. The molecule has 4 amide bonds. The number of hydrogen-bond acceptors (Lipinski definition) is 8. The van der Waals surface area contributed by atoms with E-state index in [4.69, 9.17) is 20.9 Å². The smallest absolute Gasteiger partial charge is 0.407 e. The summed E-state index contributed by atoms with van der Waals surface area (Å²) in [4.78, 5) is 72.0. The van der Waals surface area contributed by atoms with Gasteiger partial charge in [-0.05, 0) is 64.2 Å². The predicted octanol–water partition coefficient (Wildman–Crippen LogP) is 7.40. The monoisotopic (exact) mass is 836 g/mol. The van der Waals surface area contributed by atoms with Crippen molar-refractivity contribution >= 4 is 45.6 Å². The lowest BCUT2D eigenvalue weighted by molar-refractivity contribution is -0.137. The number of alkyl carbamates (subject to hydrolysis) is 1. The van der Waals surface area contributed by atoms with E-state index in [1.807, 2.05) is 69.3 Å². The van der Waals surface area contributed by atoms with E-state index in [0.29, 0.717) is 43.3 Å². The van der Waals surface area contributed by atoms with Gasteiger partial charge in [-0.1, -0.05) is 76.2 Å². The Labute approximate surface area is 360 Å². The summed E-state index contributed by atoms with van der Waals surface area (Å²) in [5.74, 6) is 3.75. The highest BCUT2D eigenvalue weighted by Gasteiger charge is 2.31. The molecule has 1 aliphatic heterocycles. The summed E-state index contributed by atoms with van der Waals surface area (Å²) in [5, 5.41) is 7.49. The van der Waals surface area contributed by atoms with Crippen molar-refractivity contribution in [1.82, 2.24) is 40.4 Å². The summed E-state index contributed by atoms with van der Waals surface area (Å²) in [5.41, 5.74) is 7.03. The molecule has 0 aliphatic carbocycles. The van der Waals surface area contributed by atoms with Gasteiger partial charge in [0.25, 0.3) is 0 Å². The van der Waals surface area contributed by atoms with Crippen molar-refractivity contribution in [3.8, 4) is 40.5 Å². The van der Waals surface area contributed by atoms with E-state index in [0.717, 1.165) is 61.9 Å². The van der Waals surface area contributed by atoms with Gasteiger partial charge in [0.1, 0.15) is 36.1 Å². The number of nitrogens with zero attached hydrogens (tertiary/aromatic N) is 4. The number of fused-ring (bicyclic) bond motifs is 6. The molecule has 7 rings (SSSR count). The standard InChI is InChI=1S/C48H52N8O6/c1-7-10-21-56(47(59)44(53-42(57)9-3)30-14-12-11-13-15-30)26-40-49-25-38(51-40)32-16-18-34-33(22-32)28-62-39-24-35-31(23-36(34)39)17-19-37-45(35)52-41(50-37)27-55(20-8-2)46(58)43(29(4)5)54-48(60)61-6/h1,11-19,22-25,29,43-44H,8-10,20-21,26-28H2,2-6H3,(H,49,51)(H,50,52)(H,53,57)(H,54,60)/t43-,44+/m0/s1. The number of H-pyrrole nitrogens is 2. The van der Waals surface area contributed by atoms with Gasteiger partial charge in [-0.2, -0.15) is 0 Å². The van der Waals surface area contributed by atoms with Gasteiger partial charge in [-0.3, -0.25) is 14.4 Å². The Morgan fingerprint density at radius 3 is 2.40 bits per heavy atom. The number of imidazole rings is 2. The van der Waals surface area contributed by atoms with E-state index in [2.05, 4.69) is 55.8 Å². The van der Waals surface area contributed by atoms with Crippen LogP contribution in [-0.2, 0) is 38.8 Å². The van der Waals surface area contributed by atoms with Crippen molar-refractivity contribution in [3.05, 3.63) is 102 Å². The lowest BCUT2D eigenvalue weighted by Gasteiger charge is -2.28. The van der Waals surface area contributed by atoms with E-state index in [-0.39, 0.29) is 43.1 Å². The number of hydrogen-bond donors (Lipinski definition) is 4. The number of aromatic amines is 2. The number of aromatic nitrogens is 4. The van der Waals surface area contributed by atoms with Gasteiger partial charge in [0.2, 0.25) is 17.7 Å². The van der Waals surface area contributed by atoms with E-state index >= 15 is 0 Å². The second kappa shape index (κ2) is 19.1. The molecular formula is C48H52N8O6. The molecule has 1 aliphatic rings. The molecule has 0 saturated carbocycles. The van der Waals surface area contributed by atoms with Crippen LogP contribution in [0.5, 0.6) is 5.75 Å². The number of carbonyl (C=O) groups is 4. The van der Waals surface area contributed by atoms with Crippen LogP contribution in [0, 0.1) is 18.3 Å². The Hall–Kier alpha value is -7.14. The third kappa shape index (κ3) is 9.27. The lowest BCUT2D eigenvalue weighted by Crippen LogP contribution is -2.51. The van der Waals surface area contributed by atoms with Crippen molar-refractivity contribution in [1.29, 1.82) is 0 Å². The molecule has 2 aromatic heterocycles. The Morgan fingerprint density at radius 2 is 1.68 bits per heavy atom. The van der Waals surface area contributed by atoms with Gasteiger partial charge in [0, 0.05) is 36.9 Å². The van der Waals surface area contributed by atoms with Crippen molar-refractivity contribution in [2.45, 2.75) is 78.7 Å². The first-order valence-electron chi connectivity index (χ1n) is 21.0. The van der Waals surface area contributed by atoms with Crippen LogP contribution in [0.3, 0.4) is 0 Å². The summed E-state index contributed by atoms with van der Waals surface area (Å²) < 4.78 is 11.2. The fourth-order valence-corrected chi connectivity index (χ4v) is 7.81. The van der Waals surface area contributed by atoms with E-state index < -0.39 is 18.2 Å². The lowest BCUT2D eigenvalue weighted by atomic mass is 9.92. The van der Waals surface area contributed by atoms with Crippen LogP contribution in [0.4, 0.5) is 4.79 Å². The minimum Gasteiger partial charge on any atom is -0.488 e. The molecule has 3 heterocycles. The summed E-state index contributed by atoms with van der Waals surface area (Å²) in [6, 6.07) is 22.0. The Bertz CT molecular complexity index is 2640. The number of carbonyl (C=O) groups excluding carboxylic acids is 4. The first-order chi connectivity index (χ1) is 30.0. The molecule has 320 valence electrons. The van der Waals surface area contributed by atoms with Gasteiger partial charge in [-0.25, -0.2) is 14.8 Å². The van der Waals surface area contributed by atoms with Crippen molar-refractivity contribution in [3.63, 3.8) is 0 Å². The number of terminal acetylenes is 1. The third-order valence-electron chi connectivity index (χ3n) is 11.1. The summed E-state index contributed by atoms with van der Waals surface area (Å²) in [6.07, 6.45) is 8.05. The highest BCUT2D eigenvalue weighted by atomic mass is 16.5. The third-order valence-corrected chi connectivity index (χ3v) is 11.1. The maximum Gasteiger partial charge on any atom is 0.407 e. The summed E-state index contributed by atoms with van der Waals surface area (Å²) in [6.45, 7) is 9.09. The summed E-state index contributed by atoms with van der Waals surface area (Å²) >= 11 is 0. The highest BCUT2D eigenvalue weighted by Crippen LogP contribution is 2.42. The van der Waals surface area contributed by atoms with Crippen molar-refractivity contribution in [2.24, 2.45) is 5.92 Å². The molecule has 62 heavy (non-hydrogen) atoms.